The van der Waals surface area contributed by atoms with Crippen LogP contribution in [0.25, 0.3) is 44.4 Å². The van der Waals surface area contributed by atoms with Gasteiger partial charge in [0.25, 0.3) is 5.56 Å². The smallest absolute Gasteiger partial charge is 0.257 e. The van der Waals surface area contributed by atoms with Crippen molar-refractivity contribution in [3.8, 4) is 39.3 Å². The highest BCUT2D eigenvalue weighted by Gasteiger charge is 2.16. The Hall–Kier alpha value is -4.22. The standard InChI is InChI=1S/C28H23N3O2/c1-33-22-13-11-20(12-14-22)25-17-30-28(32)24-15-23(19-5-3-2-4-6-19)26(31-27(24)25)21-9-7-18(16-29)8-10-21/h2-15,17H,16,29H2,1H3,(H,30,32)/p+1. The number of ether oxygens (including phenoxy) is 1. The van der Waals surface area contributed by atoms with E-state index in [9.17, 15) is 4.79 Å². The molecule has 5 nitrogen and oxygen atoms in total. The fourth-order valence-corrected chi connectivity index (χ4v) is 4.05. The van der Waals surface area contributed by atoms with Gasteiger partial charge >= 0.3 is 0 Å². The first-order chi connectivity index (χ1) is 16.2. The third-order valence-electron chi connectivity index (χ3n) is 5.87. The Morgan fingerprint density at radius 1 is 0.848 bits per heavy atom. The van der Waals surface area contributed by atoms with E-state index < -0.39 is 0 Å². The Kier molecular flexibility index (Phi) is 5.47. The van der Waals surface area contributed by atoms with Gasteiger partial charge in [0.05, 0.1) is 30.3 Å². The lowest BCUT2D eigenvalue weighted by molar-refractivity contribution is -0.386. The van der Waals surface area contributed by atoms with Crippen LogP contribution in [0.4, 0.5) is 0 Å². The van der Waals surface area contributed by atoms with Crippen LogP contribution in [0, 0.1) is 0 Å². The number of pyridine rings is 2. The van der Waals surface area contributed by atoms with Crippen LogP contribution >= 0.6 is 0 Å². The molecule has 0 spiro atoms. The first-order valence-electron chi connectivity index (χ1n) is 10.8. The van der Waals surface area contributed by atoms with Crippen molar-refractivity contribution in [1.29, 1.82) is 0 Å². The zero-order chi connectivity index (χ0) is 22.8. The quantitative estimate of drug-likeness (QED) is 0.422. The van der Waals surface area contributed by atoms with Crippen LogP contribution in [0.1, 0.15) is 5.56 Å². The third kappa shape index (κ3) is 3.90. The van der Waals surface area contributed by atoms with E-state index in [-0.39, 0.29) is 5.56 Å². The van der Waals surface area contributed by atoms with Crippen LogP contribution in [0.3, 0.4) is 0 Å². The molecule has 3 aromatic carbocycles. The van der Waals surface area contributed by atoms with E-state index in [1.165, 1.54) is 0 Å². The molecule has 0 unspecified atom stereocenters. The molecule has 0 radical (unpaired) electrons. The maximum atomic E-state index is 12.9. The van der Waals surface area contributed by atoms with Crippen molar-refractivity contribution in [3.05, 3.63) is 107 Å². The molecular weight excluding hydrogens is 410 g/mol. The van der Waals surface area contributed by atoms with Gasteiger partial charge in [0.1, 0.15) is 5.75 Å². The maximum absolute atomic E-state index is 12.9. The van der Waals surface area contributed by atoms with Gasteiger partial charge in [0.2, 0.25) is 0 Å². The maximum Gasteiger partial charge on any atom is 0.257 e. The third-order valence-corrected chi connectivity index (χ3v) is 5.87. The van der Waals surface area contributed by atoms with Gasteiger partial charge in [-0.15, -0.1) is 0 Å². The molecule has 0 aliphatic heterocycles. The van der Waals surface area contributed by atoms with Crippen LogP contribution in [0.5, 0.6) is 5.75 Å². The minimum atomic E-state index is -0.161. The van der Waals surface area contributed by atoms with Crippen molar-refractivity contribution in [2.24, 2.45) is 0 Å². The highest BCUT2D eigenvalue weighted by molar-refractivity contribution is 5.98. The van der Waals surface area contributed by atoms with Gasteiger partial charge in [-0.25, -0.2) is 4.98 Å². The highest BCUT2D eigenvalue weighted by Crippen LogP contribution is 2.35. The second kappa shape index (κ2) is 8.73. The summed E-state index contributed by atoms with van der Waals surface area (Å²) >= 11 is 0. The molecule has 0 amide bonds. The highest BCUT2D eigenvalue weighted by atomic mass is 16.5. The normalized spacial score (nSPS) is 11.0. The number of fused-ring (bicyclic) bond motifs is 1. The van der Waals surface area contributed by atoms with E-state index in [1.54, 1.807) is 13.3 Å². The molecular formula is C28H24N3O2+. The largest absolute Gasteiger partial charge is 0.497 e. The summed E-state index contributed by atoms with van der Waals surface area (Å²) < 4.78 is 5.29. The number of rotatable bonds is 5. The van der Waals surface area contributed by atoms with Crippen molar-refractivity contribution in [1.82, 2.24) is 9.97 Å². The lowest BCUT2D eigenvalue weighted by atomic mass is 9.95. The van der Waals surface area contributed by atoms with E-state index in [4.69, 9.17) is 9.72 Å². The molecule has 0 atom stereocenters. The number of hydrogen-bond acceptors (Lipinski definition) is 3. The van der Waals surface area contributed by atoms with Crippen LogP contribution in [0.15, 0.2) is 95.9 Å². The molecule has 0 saturated heterocycles. The number of quaternary nitrogens is 1. The Morgan fingerprint density at radius 2 is 1.52 bits per heavy atom. The van der Waals surface area contributed by atoms with Gasteiger partial charge in [0.15, 0.2) is 0 Å². The average molecular weight is 435 g/mol. The van der Waals surface area contributed by atoms with Gasteiger partial charge in [-0.1, -0.05) is 66.7 Å². The van der Waals surface area contributed by atoms with Crippen molar-refractivity contribution in [3.63, 3.8) is 0 Å². The van der Waals surface area contributed by atoms with Crippen molar-refractivity contribution in [2.45, 2.75) is 6.54 Å². The second-order valence-corrected chi connectivity index (χ2v) is 7.85. The number of hydrogen-bond donors (Lipinski definition) is 2. The lowest BCUT2D eigenvalue weighted by Gasteiger charge is -2.14. The Balaban J connectivity index is 1.80. The number of aromatic nitrogens is 2. The van der Waals surface area contributed by atoms with E-state index in [2.05, 4.69) is 35.0 Å². The number of benzene rings is 3. The van der Waals surface area contributed by atoms with E-state index in [0.29, 0.717) is 10.9 Å². The summed E-state index contributed by atoms with van der Waals surface area (Å²) in [4.78, 5) is 20.8. The second-order valence-electron chi connectivity index (χ2n) is 7.85. The van der Waals surface area contributed by atoms with E-state index >= 15 is 0 Å². The zero-order valence-electron chi connectivity index (χ0n) is 18.3. The number of aromatic amines is 1. The van der Waals surface area contributed by atoms with Crippen LogP contribution < -0.4 is 16.0 Å². The summed E-state index contributed by atoms with van der Waals surface area (Å²) in [6, 6.07) is 28.0. The molecule has 5 heteroatoms. The molecule has 0 aliphatic carbocycles. The summed E-state index contributed by atoms with van der Waals surface area (Å²) in [5.74, 6) is 0.776. The molecule has 0 saturated carbocycles. The lowest BCUT2D eigenvalue weighted by Crippen LogP contribution is -2.47. The number of nitrogens with one attached hydrogen (secondary N) is 1. The van der Waals surface area contributed by atoms with Gasteiger partial charge < -0.3 is 15.5 Å². The van der Waals surface area contributed by atoms with Crippen molar-refractivity contribution in [2.75, 3.05) is 7.11 Å². The van der Waals surface area contributed by atoms with Gasteiger partial charge in [-0.2, -0.15) is 0 Å². The summed E-state index contributed by atoms with van der Waals surface area (Å²) in [6.45, 7) is 0.730. The monoisotopic (exact) mass is 434 g/mol. The van der Waals surface area contributed by atoms with Crippen LogP contribution in [-0.4, -0.2) is 17.1 Å². The number of nitrogens with zero attached hydrogens (tertiary/aromatic N) is 1. The molecule has 33 heavy (non-hydrogen) atoms. The van der Waals surface area contributed by atoms with Crippen molar-refractivity contribution >= 4 is 10.9 Å². The van der Waals surface area contributed by atoms with E-state index in [1.807, 2.05) is 60.7 Å². The predicted octanol–water partition coefficient (Wildman–Crippen LogP) is 4.67. The molecule has 5 aromatic rings. The minimum Gasteiger partial charge on any atom is -0.497 e. The zero-order valence-corrected chi connectivity index (χ0v) is 18.3. The molecule has 2 aromatic heterocycles. The summed E-state index contributed by atoms with van der Waals surface area (Å²) in [7, 11) is 1.64. The molecule has 4 N–H and O–H groups in total. The van der Waals surface area contributed by atoms with Crippen LogP contribution in [0.2, 0.25) is 0 Å². The SMILES string of the molecule is COc1ccc(-c2c[nH]c(=O)c3cc(-c4ccccc4)c(-c4ccc(C[NH3+])cc4)nc23)cc1. The molecule has 0 aliphatic rings. The first-order valence-corrected chi connectivity index (χ1v) is 10.8. The summed E-state index contributed by atoms with van der Waals surface area (Å²) in [6.07, 6.45) is 1.73. The van der Waals surface area contributed by atoms with Gasteiger partial charge in [0, 0.05) is 28.5 Å². The Labute approximate surface area is 191 Å². The minimum absolute atomic E-state index is 0.161. The fraction of sp³-hybridized carbons (Fsp3) is 0.0714. The predicted molar refractivity (Wildman–Crippen MR) is 132 cm³/mol. The van der Waals surface area contributed by atoms with Crippen molar-refractivity contribution < 1.29 is 10.5 Å². The average Bonchev–Trinajstić information content (AvgIpc) is 2.89. The van der Waals surface area contributed by atoms with Gasteiger partial charge in [-0.05, 0) is 29.3 Å². The van der Waals surface area contributed by atoms with E-state index in [0.717, 1.165) is 51.4 Å². The molecule has 2 heterocycles. The number of H-pyrrole nitrogens is 1. The molecule has 162 valence electrons. The fourth-order valence-electron chi connectivity index (χ4n) is 4.05. The van der Waals surface area contributed by atoms with Crippen LogP contribution in [-0.2, 0) is 6.54 Å². The molecule has 0 fully saturated rings. The first kappa shape index (κ1) is 20.7. The summed E-state index contributed by atoms with van der Waals surface area (Å²) in [5.41, 5.74) is 11.2. The molecule has 5 rings (SSSR count). The summed E-state index contributed by atoms with van der Waals surface area (Å²) in [5, 5.41) is 0.556. The Morgan fingerprint density at radius 3 is 2.18 bits per heavy atom. The van der Waals surface area contributed by atoms with Gasteiger partial charge in [-0.3, -0.25) is 4.79 Å². The molecule has 0 bridgehead atoms. The topological polar surface area (TPSA) is 82.6 Å². The Bertz CT molecular complexity index is 1470. The number of methoxy groups -OCH3 is 1.